The van der Waals surface area contributed by atoms with E-state index in [2.05, 4.69) is 5.32 Å². The molecule has 62 valence electrons. The molecule has 1 atom stereocenters. The van der Waals surface area contributed by atoms with Gasteiger partial charge >= 0.3 is 0 Å². The highest BCUT2D eigenvalue weighted by Crippen LogP contribution is 1.95. The molecule has 0 aliphatic heterocycles. The quantitative estimate of drug-likeness (QED) is 0.623. The number of nitrogens with one attached hydrogen (secondary N) is 1. The largest absolute Gasteiger partial charge is 0.309 e. The Morgan fingerprint density at radius 1 is 1.50 bits per heavy atom. The van der Waals surface area contributed by atoms with Gasteiger partial charge in [-0.3, -0.25) is 0 Å². The van der Waals surface area contributed by atoms with Crippen LogP contribution in [0.3, 0.4) is 0 Å². The zero-order valence-corrected chi connectivity index (χ0v) is 6.67. The maximum atomic E-state index is 11.5. The van der Waals surface area contributed by atoms with Crippen molar-refractivity contribution < 1.29 is 8.78 Å². The number of hydrogen-bond donors (Lipinski definition) is 1. The van der Waals surface area contributed by atoms with Gasteiger partial charge < -0.3 is 5.32 Å². The number of alkyl halides is 3. The van der Waals surface area contributed by atoms with Crippen LogP contribution in [0.4, 0.5) is 8.78 Å². The Hall–Kier alpha value is 0.110. The summed E-state index contributed by atoms with van der Waals surface area (Å²) in [6, 6.07) is 0.0894. The smallest absolute Gasteiger partial charge is 0.250 e. The molecule has 0 aromatic rings. The fraction of sp³-hybridized carbons (Fsp3) is 1.00. The van der Waals surface area contributed by atoms with Crippen LogP contribution in [0.5, 0.6) is 0 Å². The molecule has 0 spiro atoms. The lowest BCUT2D eigenvalue weighted by Gasteiger charge is -2.10. The highest BCUT2D eigenvalue weighted by molar-refractivity contribution is 6.17. The van der Waals surface area contributed by atoms with E-state index in [0.29, 0.717) is 5.88 Å². The third kappa shape index (κ3) is 6.23. The van der Waals surface area contributed by atoms with Gasteiger partial charge in [0, 0.05) is 11.9 Å². The highest BCUT2D eigenvalue weighted by atomic mass is 35.5. The number of hydrogen-bond acceptors (Lipinski definition) is 1. The summed E-state index contributed by atoms with van der Waals surface area (Å²) in [5.74, 6) is 0.511. The van der Waals surface area contributed by atoms with Crippen LogP contribution in [-0.2, 0) is 0 Å². The predicted molar refractivity (Wildman–Crippen MR) is 38.8 cm³/mol. The van der Waals surface area contributed by atoms with E-state index >= 15 is 0 Å². The second-order valence-electron chi connectivity index (χ2n) is 2.18. The van der Waals surface area contributed by atoms with Gasteiger partial charge in [-0.05, 0) is 13.3 Å². The van der Waals surface area contributed by atoms with Crippen molar-refractivity contribution in [2.24, 2.45) is 0 Å². The van der Waals surface area contributed by atoms with Gasteiger partial charge in [-0.1, -0.05) is 0 Å². The lowest BCUT2D eigenvalue weighted by atomic mass is 10.2. The molecule has 0 amide bonds. The molecular weight excluding hydrogens is 160 g/mol. The lowest BCUT2D eigenvalue weighted by Crippen LogP contribution is -2.30. The monoisotopic (exact) mass is 171 g/mol. The molecule has 0 radical (unpaired) electrons. The summed E-state index contributed by atoms with van der Waals surface area (Å²) in [4.78, 5) is 0. The van der Waals surface area contributed by atoms with Crippen LogP contribution < -0.4 is 5.32 Å². The molecule has 1 N–H and O–H groups in total. The van der Waals surface area contributed by atoms with E-state index in [4.69, 9.17) is 11.6 Å². The van der Waals surface area contributed by atoms with Crippen molar-refractivity contribution >= 4 is 11.6 Å². The Labute approximate surface area is 64.7 Å². The van der Waals surface area contributed by atoms with E-state index in [1.54, 1.807) is 0 Å². The molecule has 0 aliphatic rings. The summed E-state index contributed by atoms with van der Waals surface area (Å²) < 4.78 is 23.1. The van der Waals surface area contributed by atoms with Gasteiger partial charge in [-0.2, -0.15) is 0 Å². The maximum absolute atomic E-state index is 11.5. The molecule has 0 fully saturated rings. The molecule has 0 aromatic carbocycles. The van der Waals surface area contributed by atoms with Crippen molar-refractivity contribution in [3.8, 4) is 0 Å². The van der Waals surface area contributed by atoms with E-state index in [-0.39, 0.29) is 12.6 Å². The molecule has 0 rings (SSSR count). The molecule has 0 heterocycles. The lowest BCUT2D eigenvalue weighted by molar-refractivity contribution is 0.142. The summed E-state index contributed by atoms with van der Waals surface area (Å²) in [6.07, 6.45) is -1.54. The zero-order valence-electron chi connectivity index (χ0n) is 5.91. The van der Waals surface area contributed by atoms with Gasteiger partial charge in [0.25, 0.3) is 6.43 Å². The van der Waals surface area contributed by atoms with Gasteiger partial charge in [0.2, 0.25) is 0 Å². The first-order chi connectivity index (χ1) is 4.66. The minimum atomic E-state index is -2.27. The average Bonchev–Trinajstić information content (AvgIpc) is 1.85. The first-order valence-corrected chi connectivity index (χ1v) is 3.77. The van der Waals surface area contributed by atoms with Crippen LogP contribution in [0.1, 0.15) is 13.3 Å². The van der Waals surface area contributed by atoms with E-state index < -0.39 is 6.43 Å². The molecule has 0 bridgehead atoms. The van der Waals surface area contributed by atoms with Crippen LogP contribution >= 0.6 is 11.6 Å². The van der Waals surface area contributed by atoms with Crippen molar-refractivity contribution in [1.29, 1.82) is 0 Å². The molecule has 0 saturated heterocycles. The Morgan fingerprint density at radius 3 is 2.50 bits per heavy atom. The second-order valence-corrected chi connectivity index (χ2v) is 2.56. The Bertz CT molecular complexity index is 80.1. The van der Waals surface area contributed by atoms with Crippen LogP contribution in [0.15, 0.2) is 0 Å². The fourth-order valence-corrected chi connectivity index (χ4v) is 0.883. The van der Waals surface area contributed by atoms with Crippen molar-refractivity contribution in [3.63, 3.8) is 0 Å². The van der Waals surface area contributed by atoms with Crippen molar-refractivity contribution in [3.05, 3.63) is 0 Å². The normalized spacial score (nSPS) is 14.1. The molecule has 0 saturated carbocycles. The van der Waals surface area contributed by atoms with E-state index in [9.17, 15) is 8.78 Å². The highest BCUT2D eigenvalue weighted by Gasteiger charge is 2.04. The Kier molecular flexibility index (Phi) is 5.93. The summed E-state index contributed by atoms with van der Waals surface area (Å²) in [5, 5.41) is 2.65. The van der Waals surface area contributed by atoms with Crippen LogP contribution in [0, 0.1) is 0 Å². The van der Waals surface area contributed by atoms with Crippen LogP contribution in [-0.4, -0.2) is 24.9 Å². The average molecular weight is 172 g/mol. The molecular formula is C6H12ClF2N. The summed E-state index contributed by atoms with van der Waals surface area (Å²) in [7, 11) is 0. The molecule has 4 heteroatoms. The SMILES string of the molecule is CC(CCCl)NCC(F)F. The van der Waals surface area contributed by atoms with Gasteiger partial charge in [-0.15, -0.1) is 11.6 Å². The van der Waals surface area contributed by atoms with Crippen LogP contribution in [0.2, 0.25) is 0 Å². The zero-order chi connectivity index (χ0) is 7.98. The third-order valence-corrected chi connectivity index (χ3v) is 1.38. The first-order valence-electron chi connectivity index (χ1n) is 3.24. The van der Waals surface area contributed by atoms with Crippen molar-refractivity contribution in [1.82, 2.24) is 5.32 Å². The minimum absolute atomic E-state index is 0.0894. The van der Waals surface area contributed by atoms with E-state index in [0.717, 1.165) is 6.42 Å². The summed E-state index contributed by atoms with van der Waals surface area (Å²) in [5.41, 5.74) is 0. The predicted octanol–water partition coefficient (Wildman–Crippen LogP) is 1.86. The summed E-state index contributed by atoms with van der Waals surface area (Å²) in [6.45, 7) is 1.60. The fourth-order valence-electron chi connectivity index (χ4n) is 0.556. The standard InChI is InChI=1S/C6H12ClF2N/c1-5(2-3-7)10-4-6(8)9/h5-6,10H,2-4H2,1H3. The molecule has 1 unspecified atom stereocenters. The molecule has 0 aromatic heterocycles. The maximum Gasteiger partial charge on any atom is 0.250 e. The van der Waals surface area contributed by atoms with Gasteiger partial charge in [-0.25, -0.2) is 8.78 Å². The van der Waals surface area contributed by atoms with Gasteiger partial charge in [0.15, 0.2) is 0 Å². The Balaban J connectivity index is 3.12. The third-order valence-electron chi connectivity index (χ3n) is 1.16. The molecule has 0 aliphatic carbocycles. The van der Waals surface area contributed by atoms with Crippen molar-refractivity contribution in [2.45, 2.75) is 25.8 Å². The van der Waals surface area contributed by atoms with Gasteiger partial charge in [0.1, 0.15) is 0 Å². The van der Waals surface area contributed by atoms with E-state index in [1.807, 2.05) is 6.92 Å². The van der Waals surface area contributed by atoms with Crippen molar-refractivity contribution in [2.75, 3.05) is 12.4 Å². The summed E-state index contributed by atoms with van der Waals surface area (Å²) >= 11 is 5.38. The molecule has 1 nitrogen and oxygen atoms in total. The minimum Gasteiger partial charge on any atom is -0.309 e. The van der Waals surface area contributed by atoms with E-state index in [1.165, 1.54) is 0 Å². The van der Waals surface area contributed by atoms with Gasteiger partial charge in [0.05, 0.1) is 6.54 Å². The first kappa shape index (κ1) is 10.1. The number of halogens is 3. The van der Waals surface area contributed by atoms with Crippen LogP contribution in [0.25, 0.3) is 0 Å². The number of rotatable bonds is 5. The second kappa shape index (κ2) is 5.86. The topological polar surface area (TPSA) is 12.0 Å². The Morgan fingerprint density at radius 2 is 2.10 bits per heavy atom. The molecule has 10 heavy (non-hydrogen) atoms.